The van der Waals surface area contributed by atoms with Crippen LogP contribution in [-0.4, -0.2) is 59.5 Å². The van der Waals surface area contributed by atoms with Crippen LogP contribution in [0.1, 0.15) is 40.5 Å². The number of nitrogens with zero attached hydrogens (tertiary/aromatic N) is 3. The van der Waals surface area contributed by atoms with Gasteiger partial charge < -0.3 is 26.4 Å². The molecule has 2 aromatic carbocycles. The molecular formula is C29H35Cl2F2N7O4. The summed E-state index contributed by atoms with van der Waals surface area (Å²) in [5.74, 6) is -3.55. The maximum Gasteiger partial charge on any atom is 0.257 e. The highest BCUT2D eigenvalue weighted by molar-refractivity contribution is 6.31. The van der Waals surface area contributed by atoms with Crippen molar-refractivity contribution in [3.8, 4) is 5.75 Å². The van der Waals surface area contributed by atoms with Crippen molar-refractivity contribution >= 4 is 69.8 Å². The van der Waals surface area contributed by atoms with E-state index in [2.05, 4.69) is 25.9 Å². The number of halogens is 4. The number of fused-ring (bicyclic) bond motifs is 1. The zero-order chi connectivity index (χ0) is 31.6. The van der Waals surface area contributed by atoms with E-state index >= 15 is 0 Å². The lowest BCUT2D eigenvalue weighted by Gasteiger charge is -2.35. The molecule has 0 bridgehead atoms. The van der Waals surface area contributed by atoms with Gasteiger partial charge >= 0.3 is 0 Å². The zero-order valence-corrected chi connectivity index (χ0v) is 26.4. The fourth-order valence-corrected chi connectivity index (χ4v) is 4.87. The second-order valence-corrected chi connectivity index (χ2v) is 11.7. The topological polar surface area (TPSA) is 152 Å². The van der Waals surface area contributed by atoms with Crippen molar-refractivity contribution in [3.63, 3.8) is 0 Å². The van der Waals surface area contributed by atoms with Crippen molar-refractivity contribution in [2.45, 2.75) is 58.7 Å². The van der Waals surface area contributed by atoms with Gasteiger partial charge in [0, 0.05) is 11.5 Å². The summed E-state index contributed by atoms with van der Waals surface area (Å²) in [5.41, 5.74) is 5.18. The van der Waals surface area contributed by atoms with E-state index in [4.69, 9.17) is 22.1 Å². The van der Waals surface area contributed by atoms with Crippen molar-refractivity contribution in [1.82, 2.24) is 20.6 Å². The largest absolute Gasteiger partial charge is 0.494 e. The Kier molecular flexibility index (Phi) is 11.1. The molecule has 0 aliphatic carbocycles. The molecule has 1 aromatic heterocycles. The Morgan fingerprint density at radius 1 is 1.20 bits per heavy atom. The van der Waals surface area contributed by atoms with Crippen LogP contribution in [0.25, 0.3) is 10.9 Å². The van der Waals surface area contributed by atoms with E-state index in [0.717, 1.165) is 23.5 Å². The summed E-state index contributed by atoms with van der Waals surface area (Å²) in [6.07, 6.45) is 2.44. The second-order valence-electron chi connectivity index (χ2n) is 11.4. The van der Waals surface area contributed by atoms with Gasteiger partial charge in [-0.15, -0.1) is 12.4 Å². The number of amides is 3. The molecule has 5 N–H and O–H groups in total. The van der Waals surface area contributed by atoms with Crippen LogP contribution < -0.4 is 31.3 Å². The third kappa shape index (κ3) is 7.17. The number of nitrogens with two attached hydrogens (primary N) is 1. The molecule has 3 amide bonds. The highest BCUT2D eigenvalue weighted by Gasteiger charge is 2.42. The molecule has 15 heteroatoms. The van der Waals surface area contributed by atoms with Gasteiger partial charge in [0.25, 0.3) is 11.8 Å². The molecule has 0 radical (unpaired) electrons. The van der Waals surface area contributed by atoms with Gasteiger partial charge in [-0.3, -0.25) is 14.4 Å². The number of carbonyl (C=O) groups is 3. The Morgan fingerprint density at radius 2 is 1.91 bits per heavy atom. The number of carbonyl (C=O) groups excluding carboxylic acids is 3. The zero-order valence-electron chi connectivity index (χ0n) is 24.8. The number of nitrogens with one attached hydrogen (secondary N) is 3. The van der Waals surface area contributed by atoms with E-state index in [1.807, 2.05) is 0 Å². The minimum absolute atomic E-state index is 0. The predicted molar refractivity (Wildman–Crippen MR) is 167 cm³/mol. The van der Waals surface area contributed by atoms with Crippen molar-refractivity contribution < 1.29 is 27.9 Å². The van der Waals surface area contributed by atoms with E-state index in [9.17, 15) is 23.2 Å². The Labute approximate surface area is 264 Å². The Bertz CT molecular complexity index is 1560. The fraction of sp³-hybridized carbons (Fsp3) is 0.414. The average Bonchev–Trinajstić information content (AvgIpc) is 3.50. The molecule has 11 nitrogen and oxygen atoms in total. The molecule has 2 heterocycles. The van der Waals surface area contributed by atoms with Gasteiger partial charge in [-0.25, -0.2) is 23.6 Å². The van der Waals surface area contributed by atoms with Gasteiger partial charge in [-0.2, -0.15) is 0 Å². The molecule has 1 aliphatic heterocycles. The summed E-state index contributed by atoms with van der Waals surface area (Å²) in [6.45, 7) is 7.34. The van der Waals surface area contributed by atoms with E-state index in [0.29, 0.717) is 18.5 Å². The summed E-state index contributed by atoms with van der Waals surface area (Å²) in [7, 11) is 1.38. The van der Waals surface area contributed by atoms with Gasteiger partial charge in [0.2, 0.25) is 5.91 Å². The van der Waals surface area contributed by atoms with E-state index in [1.54, 1.807) is 20.8 Å². The number of aromatic nitrogens is 2. The van der Waals surface area contributed by atoms with E-state index < -0.39 is 57.9 Å². The SMILES string of the molecule is COc1cc2ncnc(Nc3ccc(F)c(Cl)c3F)c2cc1N(C(=O)[C@@H]1CCCN1)C(=O)[C@@H](NC(=O)[C@H](C)N)C(C)(C)C.Cl. The van der Waals surface area contributed by atoms with Gasteiger partial charge in [0.15, 0.2) is 5.82 Å². The molecule has 0 unspecified atom stereocenters. The molecule has 1 aliphatic rings. The fourth-order valence-electron chi connectivity index (χ4n) is 4.71. The maximum atomic E-state index is 14.8. The van der Waals surface area contributed by atoms with Crippen LogP contribution in [0.3, 0.4) is 0 Å². The lowest BCUT2D eigenvalue weighted by molar-refractivity contribution is -0.134. The number of methoxy groups -OCH3 is 1. The first-order chi connectivity index (χ1) is 20.2. The van der Waals surface area contributed by atoms with E-state index in [1.165, 1.54) is 32.5 Å². The van der Waals surface area contributed by atoms with Crippen LogP contribution in [0, 0.1) is 17.0 Å². The van der Waals surface area contributed by atoms with Crippen LogP contribution in [0.5, 0.6) is 5.75 Å². The number of anilines is 3. The van der Waals surface area contributed by atoms with Crippen molar-refractivity contribution in [1.29, 1.82) is 0 Å². The number of benzene rings is 2. The molecule has 0 saturated carbocycles. The normalized spacial score (nSPS) is 16.1. The molecule has 1 fully saturated rings. The van der Waals surface area contributed by atoms with Crippen molar-refractivity contribution in [3.05, 3.63) is 47.2 Å². The predicted octanol–water partition coefficient (Wildman–Crippen LogP) is 4.23. The number of hydrogen-bond acceptors (Lipinski definition) is 9. The third-order valence-electron chi connectivity index (χ3n) is 7.08. The molecule has 4 rings (SSSR count). The van der Waals surface area contributed by atoms with Gasteiger partial charge in [0.1, 0.15) is 34.8 Å². The van der Waals surface area contributed by atoms with Crippen LogP contribution in [-0.2, 0) is 14.4 Å². The summed E-state index contributed by atoms with van der Waals surface area (Å²) >= 11 is 5.76. The molecule has 3 aromatic rings. The van der Waals surface area contributed by atoms with Gasteiger partial charge in [0.05, 0.1) is 36.1 Å². The molecule has 1 saturated heterocycles. The van der Waals surface area contributed by atoms with Crippen LogP contribution in [0.2, 0.25) is 5.02 Å². The lowest BCUT2D eigenvalue weighted by Crippen LogP contribution is -2.60. The smallest absolute Gasteiger partial charge is 0.257 e. The Morgan fingerprint density at radius 3 is 2.50 bits per heavy atom. The first kappa shape index (κ1) is 34.8. The third-order valence-corrected chi connectivity index (χ3v) is 7.42. The first-order valence-corrected chi connectivity index (χ1v) is 14.0. The number of rotatable bonds is 8. The number of hydrogen-bond donors (Lipinski definition) is 4. The summed E-state index contributed by atoms with van der Waals surface area (Å²) in [4.78, 5) is 50.5. The second kappa shape index (κ2) is 14.0. The Hall–Kier alpha value is -3.65. The van der Waals surface area contributed by atoms with E-state index in [-0.39, 0.29) is 40.7 Å². The molecule has 44 heavy (non-hydrogen) atoms. The quantitative estimate of drug-likeness (QED) is 0.262. The van der Waals surface area contributed by atoms with Crippen LogP contribution in [0.4, 0.5) is 26.0 Å². The van der Waals surface area contributed by atoms with Crippen LogP contribution in [0.15, 0.2) is 30.6 Å². The first-order valence-electron chi connectivity index (χ1n) is 13.6. The molecule has 0 spiro atoms. The summed E-state index contributed by atoms with van der Waals surface area (Å²) in [5, 5.41) is 8.20. The highest BCUT2D eigenvalue weighted by Crippen LogP contribution is 2.38. The van der Waals surface area contributed by atoms with Crippen molar-refractivity contribution in [2.24, 2.45) is 11.1 Å². The molecule has 238 valence electrons. The minimum atomic E-state index is -1.16. The lowest BCUT2D eigenvalue weighted by atomic mass is 9.85. The number of ether oxygens (including phenoxy) is 1. The molecule has 3 atom stereocenters. The highest BCUT2D eigenvalue weighted by atomic mass is 35.5. The maximum absolute atomic E-state index is 14.8. The average molecular weight is 655 g/mol. The Balaban J connectivity index is 0.00000529. The van der Waals surface area contributed by atoms with Crippen LogP contribution >= 0.6 is 24.0 Å². The van der Waals surface area contributed by atoms with Gasteiger partial charge in [-0.05, 0) is 49.9 Å². The monoisotopic (exact) mass is 653 g/mol. The number of imide groups is 1. The minimum Gasteiger partial charge on any atom is -0.494 e. The molecular weight excluding hydrogens is 619 g/mol. The summed E-state index contributed by atoms with van der Waals surface area (Å²) < 4.78 is 34.2. The summed E-state index contributed by atoms with van der Waals surface area (Å²) in [6, 6.07) is 2.41. The van der Waals surface area contributed by atoms with Crippen molar-refractivity contribution in [2.75, 3.05) is 23.9 Å². The standard InChI is InChI=1S/C29H34ClF2N7O4.ClH/c1-14(33)26(40)38-24(29(2,3)4)28(42)39(27(41)18-7-6-10-34-18)20-11-15-19(12-21(20)43-5)35-13-36-25(15)37-17-9-8-16(31)22(30)23(17)32;/h8-9,11-14,18,24,34H,6-7,10,33H2,1-5H3,(H,38,40)(H,35,36,37);1H/t14-,18-,24+;/m0./s1. The van der Waals surface area contributed by atoms with Gasteiger partial charge in [-0.1, -0.05) is 32.4 Å².